The van der Waals surface area contributed by atoms with Crippen molar-refractivity contribution in [1.82, 2.24) is 10.2 Å². The van der Waals surface area contributed by atoms with E-state index in [-0.39, 0.29) is 11.1 Å². The highest BCUT2D eigenvalue weighted by Crippen LogP contribution is 2.23. The minimum absolute atomic E-state index is 0.117. The molecule has 1 aromatic carbocycles. The van der Waals surface area contributed by atoms with Crippen LogP contribution in [-0.4, -0.2) is 10.2 Å². The van der Waals surface area contributed by atoms with Gasteiger partial charge in [0.25, 0.3) is 0 Å². The third-order valence-corrected chi connectivity index (χ3v) is 2.47. The van der Waals surface area contributed by atoms with Gasteiger partial charge in [-0.05, 0) is 37.3 Å². The first-order valence-electron chi connectivity index (χ1n) is 4.66. The van der Waals surface area contributed by atoms with Gasteiger partial charge in [0.05, 0.1) is 5.69 Å². The summed E-state index contributed by atoms with van der Waals surface area (Å²) in [6.07, 6.45) is 0. The van der Waals surface area contributed by atoms with Gasteiger partial charge in [0.15, 0.2) is 0 Å². The second kappa shape index (κ2) is 4.06. The molecule has 15 heavy (non-hydrogen) atoms. The minimum Gasteiger partial charge on any atom is -0.281 e. The van der Waals surface area contributed by atoms with Crippen molar-refractivity contribution in [3.8, 4) is 11.3 Å². The van der Waals surface area contributed by atoms with Gasteiger partial charge in [-0.15, -0.1) is 0 Å². The normalized spacial score (nSPS) is 12.7. The van der Waals surface area contributed by atoms with Crippen molar-refractivity contribution >= 4 is 12.6 Å². The lowest BCUT2D eigenvalue weighted by Gasteiger charge is -1.96. The van der Waals surface area contributed by atoms with E-state index in [0.29, 0.717) is 0 Å². The molecule has 0 fully saturated rings. The van der Waals surface area contributed by atoms with Crippen LogP contribution in [0.4, 0.5) is 4.39 Å². The van der Waals surface area contributed by atoms with E-state index in [1.165, 1.54) is 12.1 Å². The summed E-state index contributed by atoms with van der Waals surface area (Å²) in [7, 11) is 0. The summed E-state index contributed by atoms with van der Waals surface area (Å²) in [5.41, 5.74) is 2.66. The molecule has 2 nitrogen and oxygen atoms in total. The smallest absolute Gasteiger partial charge is 0.123 e. The van der Waals surface area contributed by atoms with Gasteiger partial charge in [0.2, 0.25) is 0 Å². The van der Waals surface area contributed by atoms with Crippen molar-refractivity contribution in [2.75, 3.05) is 0 Å². The fourth-order valence-corrected chi connectivity index (χ4v) is 1.45. The van der Waals surface area contributed by atoms with Crippen LogP contribution in [0.3, 0.4) is 0 Å². The average molecular weight is 222 g/mol. The third-order valence-electron chi connectivity index (χ3n) is 2.19. The molecule has 1 unspecified atom stereocenters. The first-order valence-corrected chi connectivity index (χ1v) is 5.18. The van der Waals surface area contributed by atoms with E-state index >= 15 is 0 Å². The van der Waals surface area contributed by atoms with Crippen LogP contribution in [0.5, 0.6) is 0 Å². The van der Waals surface area contributed by atoms with Crippen molar-refractivity contribution in [2.45, 2.75) is 12.2 Å². The number of aromatic nitrogens is 2. The lowest BCUT2D eigenvalue weighted by Crippen LogP contribution is -1.82. The van der Waals surface area contributed by atoms with Crippen molar-refractivity contribution in [1.29, 1.82) is 0 Å². The fraction of sp³-hybridized carbons (Fsp3) is 0.182. The number of nitrogens with one attached hydrogen (secondary N) is 1. The summed E-state index contributed by atoms with van der Waals surface area (Å²) in [4.78, 5) is 0. The number of hydrogen-bond donors (Lipinski definition) is 2. The second-order valence-corrected chi connectivity index (χ2v) is 4.17. The quantitative estimate of drug-likeness (QED) is 0.750. The molecule has 0 spiro atoms. The maximum absolute atomic E-state index is 12.7. The number of benzene rings is 1. The number of aromatic amines is 1. The Balaban J connectivity index is 2.33. The van der Waals surface area contributed by atoms with Gasteiger partial charge in [-0.1, -0.05) is 0 Å². The van der Waals surface area contributed by atoms with Gasteiger partial charge in [-0.3, -0.25) is 5.10 Å². The molecule has 1 N–H and O–H groups in total. The van der Waals surface area contributed by atoms with Crippen LogP contribution in [-0.2, 0) is 0 Å². The number of rotatable bonds is 2. The molecule has 0 amide bonds. The minimum atomic E-state index is -0.239. The molecule has 0 saturated carbocycles. The summed E-state index contributed by atoms with van der Waals surface area (Å²) in [6, 6.07) is 8.18. The second-order valence-electron chi connectivity index (χ2n) is 3.39. The van der Waals surface area contributed by atoms with Crippen LogP contribution >= 0.6 is 12.6 Å². The topological polar surface area (TPSA) is 28.7 Å². The molecule has 0 bridgehead atoms. The maximum atomic E-state index is 12.7. The molecule has 78 valence electrons. The number of halogens is 1. The van der Waals surface area contributed by atoms with E-state index in [4.69, 9.17) is 0 Å². The van der Waals surface area contributed by atoms with Crippen molar-refractivity contribution in [2.24, 2.45) is 0 Å². The van der Waals surface area contributed by atoms with Crippen LogP contribution in [0.15, 0.2) is 30.3 Å². The maximum Gasteiger partial charge on any atom is 0.123 e. The van der Waals surface area contributed by atoms with E-state index in [0.717, 1.165) is 17.0 Å². The highest BCUT2D eigenvalue weighted by molar-refractivity contribution is 7.80. The zero-order valence-electron chi connectivity index (χ0n) is 8.24. The number of hydrogen-bond acceptors (Lipinski definition) is 2. The Morgan fingerprint density at radius 1 is 1.33 bits per heavy atom. The first-order chi connectivity index (χ1) is 7.16. The molecule has 1 aromatic heterocycles. The zero-order valence-corrected chi connectivity index (χ0v) is 9.13. The molecule has 2 aromatic rings. The SMILES string of the molecule is CC(S)c1cc(-c2ccc(F)cc2)n[nH]1. The van der Waals surface area contributed by atoms with Crippen molar-refractivity contribution in [3.63, 3.8) is 0 Å². The molecule has 4 heteroatoms. The first kappa shape index (κ1) is 10.2. The fourth-order valence-electron chi connectivity index (χ4n) is 1.32. The Morgan fingerprint density at radius 3 is 2.53 bits per heavy atom. The van der Waals surface area contributed by atoms with E-state index < -0.39 is 0 Å². The zero-order chi connectivity index (χ0) is 10.8. The lowest BCUT2D eigenvalue weighted by atomic mass is 10.1. The van der Waals surface area contributed by atoms with Gasteiger partial charge in [-0.25, -0.2) is 4.39 Å². The van der Waals surface area contributed by atoms with Crippen molar-refractivity contribution in [3.05, 3.63) is 41.8 Å². The Morgan fingerprint density at radius 2 is 2.00 bits per heavy atom. The number of H-pyrrole nitrogens is 1. The standard InChI is InChI=1S/C11H11FN2S/c1-7(15)10-6-11(14-13-10)8-2-4-9(12)5-3-8/h2-7,15H,1H3,(H,13,14). The molecule has 0 radical (unpaired) electrons. The molecular formula is C11H11FN2S. The molecule has 0 aliphatic heterocycles. The van der Waals surface area contributed by atoms with Gasteiger partial charge in [0, 0.05) is 16.5 Å². The Kier molecular flexibility index (Phi) is 2.77. The molecular weight excluding hydrogens is 211 g/mol. The van der Waals surface area contributed by atoms with Gasteiger partial charge < -0.3 is 0 Å². The Hall–Kier alpha value is -1.29. The summed E-state index contributed by atoms with van der Waals surface area (Å²) >= 11 is 4.30. The Labute approximate surface area is 92.9 Å². The van der Waals surface area contributed by atoms with Crippen LogP contribution in [0.2, 0.25) is 0 Å². The lowest BCUT2D eigenvalue weighted by molar-refractivity contribution is 0.628. The predicted molar refractivity (Wildman–Crippen MR) is 61.4 cm³/mol. The molecule has 0 aliphatic carbocycles. The third kappa shape index (κ3) is 2.21. The van der Waals surface area contributed by atoms with Gasteiger partial charge in [0.1, 0.15) is 5.82 Å². The Bertz CT molecular complexity index is 448. The van der Waals surface area contributed by atoms with Crippen LogP contribution < -0.4 is 0 Å². The molecule has 0 aliphatic rings. The summed E-state index contributed by atoms with van der Waals surface area (Å²) in [6.45, 7) is 1.96. The van der Waals surface area contributed by atoms with Crippen LogP contribution in [0.25, 0.3) is 11.3 Å². The van der Waals surface area contributed by atoms with E-state index in [9.17, 15) is 4.39 Å². The summed E-state index contributed by atoms with van der Waals surface area (Å²) < 4.78 is 12.7. The van der Waals surface area contributed by atoms with E-state index in [2.05, 4.69) is 22.8 Å². The van der Waals surface area contributed by atoms with Crippen LogP contribution in [0, 0.1) is 5.82 Å². The molecule has 0 saturated heterocycles. The monoisotopic (exact) mass is 222 g/mol. The average Bonchev–Trinajstić information content (AvgIpc) is 2.68. The number of thiol groups is 1. The molecule has 2 rings (SSSR count). The summed E-state index contributed by atoms with van der Waals surface area (Å²) in [5.74, 6) is -0.239. The van der Waals surface area contributed by atoms with Gasteiger partial charge in [-0.2, -0.15) is 17.7 Å². The largest absolute Gasteiger partial charge is 0.281 e. The van der Waals surface area contributed by atoms with Crippen molar-refractivity contribution < 1.29 is 4.39 Å². The highest BCUT2D eigenvalue weighted by Gasteiger charge is 2.06. The number of nitrogens with zero attached hydrogens (tertiary/aromatic N) is 1. The highest BCUT2D eigenvalue weighted by atomic mass is 32.1. The van der Waals surface area contributed by atoms with Crippen LogP contribution in [0.1, 0.15) is 17.9 Å². The van der Waals surface area contributed by atoms with Gasteiger partial charge >= 0.3 is 0 Å². The molecule has 1 atom stereocenters. The molecule has 1 heterocycles. The van der Waals surface area contributed by atoms with E-state index in [1.54, 1.807) is 12.1 Å². The predicted octanol–water partition coefficient (Wildman–Crippen LogP) is 3.21. The summed E-state index contributed by atoms with van der Waals surface area (Å²) in [5, 5.41) is 7.16. The van der Waals surface area contributed by atoms with E-state index in [1.807, 2.05) is 13.0 Å².